The molecule has 34 heavy (non-hydrogen) atoms. The summed E-state index contributed by atoms with van der Waals surface area (Å²) in [4.78, 5) is 30.5. The predicted molar refractivity (Wildman–Crippen MR) is 128 cm³/mol. The maximum absolute atomic E-state index is 12.9. The molecule has 2 N–H and O–H groups in total. The van der Waals surface area contributed by atoms with Crippen LogP contribution in [0.25, 0.3) is 22.6 Å². The van der Waals surface area contributed by atoms with Gasteiger partial charge in [0.15, 0.2) is 5.58 Å². The van der Waals surface area contributed by atoms with E-state index in [1.54, 1.807) is 30.3 Å². The Morgan fingerprint density at radius 1 is 1.06 bits per heavy atom. The minimum Gasteiger partial charge on any atom is -0.507 e. The maximum Gasteiger partial charge on any atom is 0.293 e. The van der Waals surface area contributed by atoms with Gasteiger partial charge < -0.3 is 19.7 Å². The van der Waals surface area contributed by atoms with Gasteiger partial charge >= 0.3 is 0 Å². The van der Waals surface area contributed by atoms with Gasteiger partial charge in [-0.3, -0.25) is 14.9 Å². The fourth-order valence-electron chi connectivity index (χ4n) is 4.19. The van der Waals surface area contributed by atoms with Crippen LogP contribution in [0.15, 0.2) is 65.1 Å². The SMILES string of the molecule is O=C(Nc1ccc(O)c(-c2nc3ccccc3o2)c1)c1ccc(N2CCCCC2)c([N+](=O)[O-])c1. The number of anilines is 2. The van der Waals surface area contributed by atoms with E-state index in [0.717, 1.165) is 32.4 Å². The molecular weight excluding hydrogens is 436 g/mol. The average molecular weight is 458 g/mol. The van der Waals surface area contributed by atoms with Crippen LogP contribution in [0, 0.1) is 10.1 Å². The van der Waals surface area contributed by atoms with Crippen LogP contribution in [0.2, 0.25) is 0 Å². The third kappa shape index (κ3) is 4.15. The summed E-state index contributed by atoms with van der Waals surface area (Å²) in [5.41, 5.74) is 2.55. The first-order chi connectivity index (χ1) is 16.5. The molecule has 1 saturated heterocycles. The standard InChI is InChI=1S/C25H22N4O5/c30-22-11-9-17(15-18(22)25-27-19-6-2-3-7-23(19)34-25)26-24(31)16-8-10-20(21(14-16)29(32)33)28-12-4-1-5-13-28/h2-3,6-11,14-15,30H,1,4-5,12-13H2,(H,26,31). The second kappa shape index (κ2) is 8.86. The van der Waals surface area contributed by atoms with E-state index in [4.69, 9.17) is 4.42 Å². The Labute approximate surface area is 194 Å². The molecule has 1 aromatic heterocycles. The smallest absolute Gasteiger partial charge is 0.293 e. The molecule has 9 nitrogen and oxygen atoms in total. The summed E-state index contributed by atoms with van der Waals surface area (Å²) in [6.07, 6.45) is 3.09. The quantitative estimate of drug-likeness (QED) is 0.235. The number of aromatic nitrogens is 1. The zero-order valence-corrected chi connectivity index (χ0v) is 18.2. The number of para-hydroxylation sites is 2. The summed E-state index contributed by atoms with van der Waals surface area (Å²) < 4.78 is 5.73. The molecule has 0 atom stereocenters. The molecule has 0 unspecified atom stereocenters. The molecule has 9 heteroatoms. The largest absolute Gasteiger partial charge is 0.507 e. The molecule has 0 bridgehead atoms. The van der Waals surface area contributed by atoms with E-state index in [1.807, 2.05) is 17.0 Å². The van der Waals surface area contributed by atoms with Crippen molar-refractivity contribution in [2.45, 2.75) is 19.3 Å². The molecule has 2 heterocycles. The lowest BCUT2D eigenvalue weighted by Gasteiger charge is -2.28. The number of nitro benzene ring substituents is 1. The number of nitrogens with zero attached hydrogens (tertiary/aromatic N) is 3. The topological polar surface area (TPSA) is 122 Å². The Bertz CT molecular complexity index is 1360. The highest BCUT2D eigenvalue weighted by atomic mass is 16.6. The number of fused-ring (bicyclic) bond motifs is 1. The monoisotopic (exact) mass is 458 g/mol. The predicted octanol–water partition coefficient (Wildman–Crippen LogP) is 5.35. The van der Waals surface area contributed by atoms with E-state index in [0.29, 0.717) is 28.0 Å². The number of hydrogen-bond acceptors (Lipinski definition) is 7. The second-order valence-electron chi connectivity index (χ2n) is 8.18. The van der Waals surface area contributed by atoms with Gasteiger partial charge in [0.1, 0.15) is 17.0 Å². The first kappa shape index (κ1) is 21.4. The van der Waals surface area contributed by atoms with E-state index in [1.165, 1.54) is 18.2 Å². The zero-order valence-electron chi connectivity index (χ0n) is 18.2. The Hall–Kier alpha value is -4.40. The summed E-state index contributed by atoms with van der Waals surface area (Å²) in [7, 11) is 0. The number of carbonyl (C=O) groups excluding carboxylic acids is 1. The first-order valence-corrected chi connectivity index (χ1v) is 11.0. The van der Waals surface area contributed by atoms with E-state index in [2.05, 4.69) is 10.3 Å². The van der Waals surface area contributed by atoms with Gasteiger partial charge in [0.05, 0.1) is 10.5 Å². The van der Waals surface area contributed by atoms with Crippen LogP contribution < -0.4 is 10.2 Å². The van der Waals surface area contributed by atoms with E-state index in [9.17, 15) is 20.0 Å². The Morgan fingerprint density at radius 3 is 2.62 bits per heavy atom. The van der Waals surface area contributed by atoms with Crippen LogP contribution in [0.5, 0.6) is 5.75 Å². The number of phenolic OH excluding ortho intramolecular Hbond substituents is 1. The van der Waals surface area contributed by atoms with Crippen molar-refractivity contribution in [1.29, 1.82) is 0 Å². The van der Waals surface area contributed by atoms with Crippen molar-refractivity contribution in [3.05, 3.63) is 76.3 Å². The summed E-state index contributed by atoms with van der Waals surface area (Å²) in [6, 6.07) is 16.3. The minimum absolute atomic E-state index is 0.0499. The number of benzene rings is 3. The van der Waals surface area contributed by atoms with Crippen molar-refractivity contribution in [2.75, 3.05) is 23.3 Å². The van der Waals surface area contributed by atoms with E-state index >= 15 is 0 Å². The number of carbonyl (C=O) groups is 1. The van der Waals surface area contributed by atoms with Gasteiger partial charge in [0.2, 0.25) is 5.89 Å². The molecular formula is C25H22N4O5. The lowest BCUT2D eigenvalue weighted by atomic mass is 10.1. The summed E-state index contributed by atoms with van der Waals surface area (Å²) >= 11 is 0. The van der Waals surface area contributed by atoms with Crippen molar-refractivity contribution in [3.8, 4) is 17.2 Å². The molecule has 5 rings (SSSR count). The number of hydrogen-bond donors (Lipinski definition) is 2. The van der Waals surface area contributed by atoms with Gasteiger partial charge in [-0.2, -0.15) is 0 Å². The fraction of sp³-hybridized carbons (Fsp3) is 0.200. The molecule has 4 aromatic rings. The summed E-state index contributed by atoms with van der Waals surface area (Å²) in [5.74, 6) is -0.329. The number of nitro groups is 1. The fourth-order valence-corrected chi connectivity index (χ4v) is 4.19. The summed E-state index contributed by atoms with van der Waals surface area (Å²) in [6.45, 7) is 1.52. The van der Waals surface area contributed by atoms with Gasteiger partial charge in [-0.1, -0.05) is 12.1 Å². The number of piperidine rings is 1. The number of nitrogens with one attached hydrogen (secondary N) is 1. The molecule has 1 aliphatic rings. The Kier molecular flexibility index (Phi) is 5.59. The van der Waals surface area contributed by atoms with Crippen molar-refractivity contribution in [1.82, 2.24) is 4.98 Å². The van der Waals surface area contributed by atoms with Crippen molar-refractivity contribution >= 4 is 34.1 Å². The number of amides is 1. The van der Waals surface area contributed by atoms with Gasteiger partial charge in [-0.15, -0.1) is 0 Å². The highest BCUT2D eigenvalue weighted by Crippen LogP contribution is 2.34. The van der Waals surface area contributed by atoms with Crippen LogP contribution in [-0.2, 0) is 0 Å². The molecule has 0 aliphatic carbocycles. The third-order valence-corrected chi connectivity index (χ3v) is 5.91. The normalized spacial score (nSPS) is 13.7. The number of phenols is 1. The number of rotatable bonds is 5. The Balaban J connectivity index is 1.41. The van der Waals surface area contributed by atoms with Crippen molar-refractivity contribution in [3.63, 3.8) is 0 Å². The maximum atomic E-state index is 12.9. The van der Waals surface area contributed by atoms with Crippen LogP contribution in [-0.4, -0.2) is 34.0 Å². The number of oxazole rings is 1. The average Bonchev–Trinajstić information content (AvgIpc) is 3.29. The van der Waals surface area contributed by atoms with E-state index < -0.39 is 10.8 Å². The molecule has 1 amide bonds. The third-order valence-electron chi connectivity index (χ3n) is 5.91. The molecule has 172 valence electrons. The highest BCUT2D eigenvalue weighted by Gasteiger charge is 2.23. The molecule has 1 aliphatic heterocycles. The zero-order chi connectivity index (χ0) is 23.7. The molecule has 0 spiro atoms. The molecule has 3 aromatic carbocycles. The van der Waals surface area contributed by atoms with Gasteiger partial charge in [-0.05, 0) is 61.7 Å². The first-order valence-electron chi connectivity index (χ1n) is 11.0. The van der Waals surface area contributed by atoms with Gasteiger partial charge in [-0.25, -0.2) is 4.98 Å². The minimum atomic E-state index is -0.498. The van der Waals surface area contributed by atoms with Crippen molar-refractivity contribution in [2.24, 2.45) is 0 Å². The van der Waals surface area contributed by atoms with Gasteiger partial charge in [0, 0.05) is 30.4 Å². The van der Waals surface area contributed by atoms with Crippen LogP contribution in [0.4, 0.5) is 17.1 Å². The van der Waals surface area contributed by atoms with E-state index in [-0.39, 0.29) is 22.9 Å². The van der Waals surface area contributed by atoms with Crippen LogP contribution >= 0.6 is 0 Å². The second-order valence-corrected chi connectivity index (χ2v) is 8.18. The number of aromatic hydroxyl groups is 1. The van der Waals surface area contributed by atoms with Gasteiger partial charge in [0.25, 0.3) is 11.6 Å². The lowest BCUT2D eigenvalue weighted by molar-refractivity contribution is -0.384. The van der Waals surface area contributed by atoms with Crippen LogP contribution in [0.1, 0.15) is 29.6 Å². The van der Waals surface area contributed by atoms with Crippen molar-refractivity contribution < 1.29 is 19.2 Å². The lowest BCUT2D eigenvalue weighted by Crippen LogP contribution is -2.30. The summed E-state index contributed by atoms with van der Waals surface area (Å²) in [5, 5.41) is 24.8. The van der Waals surface area contributed by atoms with Crippen LogP contribution in [0.3, 0.4) is 0 Å². The Morgan fingerprint density at radius 2 is 1.85 bits per heavy atom. The molecule has 0 radical (unpaired) electrons. The molecule has 1 fully saturated rings. The molecule has 0 saturated carbocycles. The highest BCUT2D eigenvalue weighted by molar-refractivity contribution is 6.05.